The Morgan fingerprint density at radius 2 is 1.62 bits per heavy atom. The second-order valence-electron chi connectivity index (χ2n) is 8.48. The number of anilines is 1. The summed E-state index contributed by atoms with van der Waals surface area (Å²) in [7, 11) is -4.11. The smallest absolute Gasteiger partial charge is 0.267 e. The Bertz CT molecular complexity index is 1640. The van der Waals surface area contributed by atoms with Gasteiger partial charge in [0, 0.05) is 11.1 Å². The molecule has 4 aromatic rings. The molecule has 0 unspecified atom stereocenters. The molecule has 0 aliphatic carbocycles. The van der Waals surface area contributed by atoms with E-state index in [0.717, 1.165) is 16.1 Å². The Labute approximate surface area is 230 Å². The van der Waals surface area contributed by atoms with E-state index >= 15 is 0 Å². The van der Waals surface area contributed by atoms with Crippen LogP contribution in [0.3, 0.4) is 0 Å². The van der Waals surface area contributed by atoms with Gasteiger partial charge < -0.3 is 0 Å². The van der Waals surface area contributed by atoms with Gasteiger partial charge in [0.25, 0.3) is 21.6 Å². The lowest BCUT2D eigenvalue weighted by atomic mass is 10.1. The third-order valence-corrected chi connectivity index (χ3v) is 7.79. The monoisotopic (exact) mass is 562 g/mol. The molecule has 4 aromatic carbocycles. The molecule has 9 nitrogen and oxygen atoms in total. The topological polar surface area (TPSA) is 122 Å². The highest BCUT2D eigenvalue weighted by molar-refractivity contribution is 7.92. The number of hydrogen-bond acceptors (Lipinski definition) is 6. The van der Waals surface area contributed by atoms with E-state index in [1.165, 1.54) is 42.5 Å². The lowest BCUT2D eigenvalue weighted by molar-refractivity contribution is -0.385. The number of para-hydroxylation sites is 2. The zero-order chi connectivity index (χ0) is 28.0. The van der Waals surface area contributed by atoms with E-state index in [4.69, 9.17) is 11.6 Å². The Kier molecular flexibility index (Phi) is 8.38. The minimum Gasteiger partial charge on any atom is -0.267 e. The second kappa shape index (κ2) is 11.9. The average molecular weight is 563 g/mol. The van der Waals surface area contributed by atoms with Gasteiger partial charge in [-0.1, -0.05) is 65.7 Å². The van der Waals surface area contributed by atoms with Gasteiger partial charge in [0.05, 0.1) is 39.4 Å². The standard InChI is InChI=1S/C28H23ClN4O5S/c1-20-10-16-24(17-11-20)39(37,38)32(19-21-12-14-23(29)15-13-21)27-9-5-3-7-25(27)28(34)31-30-18-22-6-2-4-8-26(22)33(35)36/h2-18H,19H2,1H3,(H,31,34). The molecule has 0 atom stereocenters. The molecule has 39 heavy (non-hydrogen) atoms. The molecule has 0 heterocycles. The number of carbonyl (C=O) groups excluding carboxylic acids is 1. The number of nitro groups is 1. The van der Waals surface area contributed by atoms with Crippen molar-refractivity contribution >= 4 is 45.1 Å². The van der Waals surface area contributed by atoms with Crippen LogP contribution in [-0.4, -0.2) is 25.5 Å². The molecule has 0 aromatic heterocycles. The lowest BCUT2D eigenvalue weighted by Gasteiger charge is -2.26. The zero-order valence-electron chi connectivity index (χ0n) is 20.7. The zero-order valence-corrected chi connectivity index (χ0v) is 22.3. The minimum absolute atomic E-state index is 0.0434. The van der Waals surface area contributed by atoms with Crippen molar-refractivity contribution in [3.8, 4) is 0 Å². The van der Waals surface area contributed by atoms with Gasteiger partial charge >= 0.3 is 0 Å². The minimum atomic E-state index is -4.11. The SMILES string of the molecule is Cc1ccc(S(=O)(=O)N(Cc2ccc(Cl)cc2)c2ccccc2C(=O)NN=Cc2ccccc2[N+](=O)[O-])cc1. The number of amides is 1. The highest BCUT2D eigenvalue weighted by Crippen LogP contribution is 2.30. The number of nitro benzene ring substituents is 1. The van der Waals surface area contributed by atoms with Crippen LogP contribution in [-0.2, 0) is 16.6 Å². The Hall–Kier alpha value is -4.54. The fraction of sp³-hybridized carbons (Fsp3) is 0.0714. The summed E-state index contributed by atoms with van der Waals surface area (Å²) in [6, 6.07) is 25.3. The third-order valence-electron chi connectivity index (χ3n) is 5.77. The number of benzene rings is 4. The summed E-state index contributed by atoms with van der Waals surface area (Å²) < 4.78 is 28.9. The van der Waals surface area contributed by atoms with E-state index in [-0.39, 0.29) is 33.9 Å². The van der Waals surface area contributed by atoms with E-state index in [1.807, 2.05) is 6.92 Å². The fourth-order valence-electron chi connectivity index (χ4n) is 3.76. The van der Waals surface area contributed by atoms with Gasteiger partial charge in [-0.3, -0.25) is 19.2 Å². The summed E-state index contributed by atoms with van der Waals surface area (Å²) in [5.74, 6) is -0.694. The summed E-state index contributed by atoms with van der Waals surface area (Å²) in [6.07, 6.45) is 1.16. The van der Waals surface area contributed by atoms with Crippen LogP contribution in [0.4, 0.5) is 11.4 Å². The molecule has 0 aliphatic heterocycles. The van der Waals surface area contributed by atoms with Crippen LogP contribution in [0.15, 0.2) is 107 Å². The van der Waals surface area contributed by atoms with Gasteiger partial charge in [0.1, 0.15) is 0 Å². The highest BCUT2D eigenvalue weighted by Gasteiger charge is 2.28. The van der Waals surface area contributed by atoms with Crippen LogP contribution in [0, 0.1) is 17.0 Å². The number of hydrazone groups is 1. The Balaban J connectivity index is 1.71. The molecule has 0 spiro atoms. The van der Waals surface area contributed by atoms with Crippen molar-refractivity contribution in [1.82, 2.24) is 5.43 Å². The van der Waals surface area contributed by atoms with Crippen LogP contribution in [0.25, 0.3) is 0 Å². The van der Waals surface area contributed by atoms with Gasteiger partial charge in [-0.15, -0.1) is 0 Å². The van der Waals surface area contributed by atoms with Crippen LogP contribution in [0.1, 0.15) is 27.0 Å². The van der Waals surface area contributed by atoms with Crippen molar-refractivity contribution in [3.05, 3.63) is 134 Å². The largest absolute Gasteiger partial charge is 0.278 e. The summed E-state index contributed by atoms with van der Waals surface area (Å²) in [5.41, 5.74) is 4.10. The number of nitrogens with zero attached hydrogens (tertiary/aromatic N) is 3. The Morgan fingerprint density at radius 3 is 2.31 bits per heavy atom. The lowest BCUT2D eigenvalue weighted by Crippen LogP contribution is -2.33. The third kappa shape index (κ3) is 6.49. The maximum absolute atomic E-state index is 13.9. The summed E-state index contributed by atoms with van der Waals surface area (Å²) in [6.45, 7) is 1.78. The maximum Gasteiger partial charge on any atom is 0.278 e. The van der Waals surface area contributed by atoms with E-state index in [0.29, 0.717) is 10.6 Å². The number of sulfonamides is 1. The number of hydrogen-bond donors (Lipinski definition) is 1. The molecule has 1 N–H and O–H groups in total. The van der Waals surface area contributed by atoms with Crippen LogP contribution < -0.4 is 9.73 Å². The van der Waals surface area contributed by atoms with Crippen molar-refractivity contribution < 1.29 is 18.1 Å². The molecular formula is C28H23ClN4O5S. The van der Waals surface area contributed by atoms with E-state index < -0.39 is 20.9 Å². The molecule has 0 saturated heterocycles. The summed E-state index contributed by atoms with van der Waals surface area (Å²) in [4.78, 5) is 23.9. The van der Waals surface area contributed by atoms with Gasteiger partial charge in [0.2, 0.25) is 0 Å². The molecule has 4 rings (SSSR count). The normalized spacial score (nSPS) is 11.3. The number of halogens is 1. The van der Waals surface area contributed by atoms with E-state index in [2.05, 4.69) is 10.5 Å². The molecule has 1 amide bonds. The first-order chi connectivity index (χ1) is 18.7. The number of aryl methyl sites for hydroxylation is 1. The van der Waals surface area contributed by atoms with Crippen molar-refractivity contribution in [2.75, 3.05) is 4.31 Å². The van der Waals surface area contributed by atoms with Crippen molar-refractivity contribution in [3.63, 3.8) is 0 Å². The number of rotatable bonds is 9. The van der Waals surface area contributed by atoms with Gasteiger partial charge in [-0.2, -0.15) is 5.10 Å². The highest BCUT2D eigenvalue weighted by atomic mass is 35.5. The first kappa shape index (κ1) is 27.5. The molecular weight excluding hydrogens is 540 g/mol. The molecule has 0 bridgehead atoms. The first-order valence-corrected chi connectivity index (χ1v) is 13.5. The predicted octanol–water partition coefficient (Wildman–Crippen LogP) is 5.72. The molecule has 0 radical (unpaired) electrons. The van der Waals surface area contributed by atoms with Crippen molar-refractivity contribution in [2.45, 2.75) is 18.4 Å². The van der Waals surface area contributed by atoms with Gasteiger partial charge in [0.15, 0.2) is 0 Å². The van der Waals surface area contributed by atoms with Crippen molar-refractivity contribution in [2.24, 2.45) is 5.10 Å². The second-order valence-corrected chi connectivity index (χ2v) is 10.8. The molecule has 0 aliphatic rings. The fourth-order valence-corrected chi connectivity index (χ4v) is 5.36. The van der Waals surface area contributed by atoms with Gasteiger partial charge in [-0.05, 0) is 55.0 Å². The van der Waals surface area contributed by atoms with E-state index in [9.17, 15) is 23.3 Å². The maximum atomic E-state index is 13.9. The van der Waals surface area contributed by atoms with Gasteiger partial charge in [-0.25, -0.2) is 13.8 Å². The number of nitrogens with one attached hydrogen (secondary N) is 1. The molecule has 0 fully saturated rings. The van der Waals surface area contributed by atoms with E-state index in [1.54, 1.807) is 54.6 Å². The molecule has 198 valence electrons. The first-order valence-electron chi connectivity index (χ1n) is 11.7. The summed E-state index contributed by atoms with van der Waals surface area (Å²) in [5, 5.41) is 15.6. The number of carbonyl (C=O) groups is 1. The quantitative estimate of drug-likeness (QED) is 0.159. The summed E-state index contributed by atoms with van der Waals surface area (Å²) >= 11 is 6.02. The van der Waals surface area contributed by atoms with Crippen LogP contribution in [0.2, 0.25) is 5.02 Å². The molecule has 0 saturated carbocycles. The average Bonchev–Trinajstić information content (AvgIpc) is 2.93. The van der Waals surface area contributed by atoms with Crippen LogP contribution >= 0.6 is 11.6 Å². The van der Waals surface area contributed by atoms with Crippen molar-refractivity contribution in [1.29, 1.82) is 0 Å². The molecule has 11 heteroatoms. The Morgan fingerprint density at radius 1 is 0.974 bits per heavy atom. The predicted molar refractivity (Wildman–Crippen MR) is 151 cm³/mol. The van der Waals surface area contributed by atoms with Crippen LogP contribution in [0.5, 0.6) is 0 Å².